The molecule has 0 bridgehead atoms. The molecule has 0 aliphatic heterocycles. The number of rotatable bonds is 6. The van der Waals surface area contributed by atoms with E-state index in [1.165, 1.54) is 24.0 Å². The minimum atomic E-state index is 0.214. The van der Waals surface area contributed by atoms with Crippen LogP contribution in [0.1, 0.15) is 56.9 Å². The van der Waals surface area contributed by atoms with Crippen LogP contribution in [0, 0.1) is 5.92 Å². The molecule has 0 unspecified atom stereocenters. The number of thiazole rings is 1. The van der Waals surface area contributed by atoms with E-state index >= 15 is 0 Å². The molecule has 0 saturated heterocycles. The summed E-state index contributed by atoms with van der Waals surface area (Å²) in [4.78, 5) is 16.7. The highest BCUT2D eigenvalue weighted by Crippen LogP contribution is 2.26. The second kappa shape index (κ2) is 7.91. The van der Waals surface area contributed by atoms with E-state index in [1.54, 1.807) is 11.3 Å². The van der Waals surface area contributed by atoms with Crippen molar-refractivity contribution >= 4 is 27.5 Å². The van der Waals surface area contributed by atoms with Gasteiger partial charge in [0.05, 0.1) is 15.2 Å². The molecule has 1 aliphatic carbocycles. The lowest BCUT2D eigenvalue weighted by molar-refractivity contribution is -0.122. The Labute approximate surface area is 142 Å². The number of aromatic nitrogens is 1. The zero-order valence-corrected chi connectivity index (χ0v) is 14.7. The van der Waals surface area contributed by atoms with Gasteiger partial charge in [-0.15, -0.1) is 11.3 Å². The summed E-state index contributed by atoms with van der Waals surface area (Å²) >= 11 is 1.74. The zero-order chi connectivity index (χ0) is 16.1. The Balaban J connectivity index is 1.39. The summed E-state index contributed by atoms with van der Waals surface area (Å²) in [5.41, 5.74) is 1.07. The predicted molar refractivity (Wildman–Crippen MR) is 96.7 cm³/mol. The third-order valence-corrected chi connectivity index (χ3v) is 6.02. The minimum Gasteiger partial charge on any atom is -0.353 e. The highest BCUT2D eigenvalue weighted by molar-refractivity contribution is 7.18. The lowest BCUT2D eigenvalue weighted by Crippen LogP contribution is -2.37. The van der Waals surface area contributed by atoms with Gasteiger partial charge < -0.3 is 5.32 Å². The Kier molecular flexibility index (Phi) is 5.65. The fourth-order valence-corrected chi connectivity index (χ4v) is 4.45. The molecule has 0 atom stereocenters. The number of carbonyl (C=O) groups is 1. The number of para-hydroxylation sites is 1. The van der Waals surface area contributed by atoms with Gasteiger partial charge in [0.15, 0.2) is 0 Å². The summed E-state index contributed by atoms with van der Waals surface area (Å²) in [5.74, 6) is 1.09. The van der Waals surface area contributed by atoms with Crippen LogP contribution in [0.3, 0.4) is 0 Å². The number of fused-ring (bicyclic) bond motifs is 1. The van der Waals surface area contributed by atoms with Crippen LogP contribution in [-0.2, 0) is 11.2 Å². The van der Waals surface area contributed by atoms with E-state index in [9.17, 15) is 4.79 Å². The van der Waals surface area contributed by atoms with Crippen LogP contribution < -0.4 is 5.32 Å². The monoisotopic (exact) mass is 330 g/mol. The van der Waals surface area contributed by atoms with Gasteiger partial charge >= 0.3 is 0 Å². The van der Waals surface area contributed by atoms with Crippen molar-refractivity contribution in [3.8, 4) is 0 Å². The van der Waals surface area contributed by atoms with E-state index in [0.717, 1.165) is 42.1 Å². The predicted octanol–water partition coefficient (Wildman–Crippen LogP) is 4.70. The van der Waals surface area contributed by atoms with Crippen LogP contribution in [0.4, 0.5) is 0 Å². The van der Waals surface area contributed by atoms with Crippen LogP contribution in [0.2, 0.25) is 0 Å². The highest BCUT2D eigenvalue weighted by Gasteiger charge is 2.21. The molecular weight excluding hydrogens is 304 g/mol. The average Bonchev–Trinajstić information content (AvgIpc) is 2.98. The topological polar surface area (TPSA) is 42.0 Å². The molecule has 1 saturated carbocycles. The maximum atomic E-state index is 12.1. The highest BCUT2D eigenvalue weighted by atomic mass is 32.1. The second-order valence-corrected chi connectivity index (χ2v) is 7.74. The first-order chi connectivity index (χ1) is 11.2. The number of hydrogen-bond acceptors (Lipinski definition) is 3. The van der Waals surface area contributed by atoms with E-state index in [4.69, 9.17) is 0 Å². The SMILES string of the molecule is CCC1CCC(NC(=O)CCCc2nc3ccccc3s2)CC1. The lowest BCUT2D eigenvalue weighted by Gasteiger charge is -2.28. The number of aryl methyl sites for hydroxylation is 1. The van der Waals surface area contributed by atoms with Crippen molar-refractivity contribution in [1.29, 1.82) is 0 Å². The zero-order valence-electron chi connectivity index (χ0n) is 13.9. The van der Waals surface area contributed by atoms with E-state index in [0.29, 0.717) is 12.5 Å². The molecule has 1 aliphatic rings. The first kappa shape index (κ1) is 16.4. The third kappa shape index (κ3) is 4.54. The Morgan fingerprint density at radius 2 is 2.04 bits per heavy atom. The van der Waals surface area contributed by atoms with E-state index in [1.807, 2.05) is 12.1 Å². The van der Waals surface area contributed by atoms with Crippen molar-refractivity contribution in [3.05, 3.63) is 29.3 Å². The third-order valence-electron chi connectivity index (χ3n) is 4.92. The summed E-state index contributed by atoms with van der Waals surface area (Å²) in [5, 5.41) is 4.36. The Bertz CT molecular complexity index is 611. The lowest BCUT2D eigenvalue weighted by atomic mass is 9.84. The maximum absolute atomic E-state index is 12.1. The van der Waals surface area contributed by atoms with E-state index in [2.05, 4.69) is 29.4 Å². The smallest absolute Gasteiger partial charge is 0.220 e. The van der Waals surface area contributed by atoms with E-state index in [-0.39, 0.29) is 5.91 Å². The summed E-state index contributed by atoms with van der Waals surface area (Å²) in [6.45, 7) is 2.27. The van der Waals surface area contributed by atoms with Crippen LogP contribution in [-0.4, -0.2) is 16.9 Å². The molecule has 1 aromatic heterocycles. The number of carbonyl (C=O) groups excluding carboxylic acids is 1. The van der Waals surface area contributed by atoms with Gasteiger partial charge in [-0.05, 0) is 56.6 Å². The fourth-order valence-electron chi connectivity index (χ4n) is 3.44. The molecule has 0 spiro atoms. The molecule has 1 fully saturated rings. The van der Waals surface area contributed by atoms with Gasteiger partial charge in [0.1, 0.15) is 0 Å². The fraction of sp³-hybridized carbons (Fsp3) is 0.579. The molecule has 23 heavy (non-hydrogen) atoms. The second-order valence-electron chi connectivity index (χ2n) is 6.62. The summed E-state index contributed by atoms with van der Waals surface area (Å²) in [6.07, 6.45) is 8.53. The molecule has 3 rings (SSSR count). The maximum Gasteiger partial charge on any atom is 0.220 e. The van der Waals surface area contributed by atoms with Crippen molar-refractivity contribution < 1.29 is 4.79 Å². The standard InChI is InChI=1S/C19H26N2OS/c1-2-14-10-12-15(13-11-14)20-18(22)8-5-9-19-21-16-6-3-4-7-17(16)23-19/h3-4,6-7,14-15H,2,5,8-13H2,1H3,(H,20,22). The normalized spacial score (nSPS) is 21.4. The Hall–Kier alpha value is -1.42. The van der Waals surface area contributed by atoms with Crippen molar-refractivity contribution in [2.24, 2.45) is 5.92 Å². The average molecular weight is 330 g/mol. The van der Waals surface area contributed by atoms with Crippen LogP contribution >= 0.6 is 11.3 Å². The molecule has 2 aromatic rings. The quantitative estimate of drug-likeness (QED) is 0.834. The largest absolute Gasteiger partial charge is 0.353 e. The van der Waals surface area contributed by atoms with Crippen LogP contribution in [0.5, 0.6) is 0 Å². The molecule has 4 heteroatoms. The van der Waals surface area contributed by atoms with Crippen LogP contribution in [0.15, 0.2) is 24.3 Å². The molecule has 0 radical (unpaired) electrons. The minimum absolute atomic E-state index is 0.214. The van der Waals surface area contributed by atoms with Gasteiger partial charge in [-0.2, -0.15) is 0 Å². The number of benzene rings is 1. The van der Waals surface area contributed by atoms with Gasteiger partial charge in [0.2, 0.25) is 5.91 Å². The first-order valence-corrected chi connectivity index (χ1v) is 9.70. The molecule has 1 N–H and O–H groups in total. The van der Waals surface area contributed by atoms with Gasteiger partial charge in [-0.25, -0.2) is 4.98 Å². The molecular formula is C19H26N2OS. The first-order valence-electron chi connectivity index (χ1n) is 8.88. The van der Waals surface area contributed by atoms with Gasteiger partial charge in [-0.1, -0.05) is 25.5 Å². The van der Waals surface area contributed by atoms with Gasteiger partial charge in [-0.3, -0.25) is 4.79 Å². The molecule has 1 aromatic carbocycles. The van der Waals surface area contributed by atoms with Crippen molar-refractivity contribution in [3.63, 3.8) is 0 Å². The number of nitrogens with one attached hydrogen (secondary N) is 1. The molecule has 1 heterocycles. The number of amides is 1. The number of hydrogen-bond donors (Lipinski definition) is 1. The Morgan fingerprint density at radius 1 is 1.26 bits per heavy atom. The molecule has 124 valence electrons. The van der Waals surface area contributed by atoms with Crippen LogP contribution in [0.25, 0.3) is 10.2 Å². The number of nitrogens with zero attached hydrogens (tertiary/aromatic N) is 1. The molecule has 1 amide bonds. The summed E-state index contributed by atoms with van der Waals surface area (Å²) in [7, 11) is 0. The molecule has 3 nitrogen and oxygen atoms in total. The summed E-state index contributed by atoms with van der Waals surface area (Å²) < 4.78 is 1.24. The van der Waals surface area contributed by atoms with Gasteiger partial charge in [0.25, 0.3) is 0 Å². The van der Waals surface area contributed by atoms with Gasteiger partial charge in [0, 0.05) is 12.5 Å². The van der Waals surface area contributed by atoms with Crippen molar-refractivity contribution in [2.45, 2.75) is 64.3 Å². The summed E-state index contributed by atoms with van der Waals surface area (Å²) in [6, 6.07) is 8.63. The van der Waals surface area contributed by atoms with Crippen molar-refractivity contribution in [1.82, 2.24) is 10.3 Å². The van der Waals surface area contributed by atoms with Crippen molar-refractivity contribution in [2.75, 3.05) is 0 Å². The Morgan fingerprint density at radius 3 is 2.78 bits per heavy atom. The van der Waals surface area contributed by atoms with E-state index < -0.39 is 0 Å².